The zero-order valence-corrected chi connectivity index (χ0v) is 11.5. The van der Waals surface area contributed by atoms with Gasteiger partial charge < -0.3 is 0 Å². The Labute approximate surface area is 102 Å². The highest BCUT2D eigenvalue weighted by molar-refractivity contribution is 9.39. The maximum atomic E-state index is 5.91. The van der Waals surface area contributed by atoms with Crippen LogP contribution in [0.2, 0.25) is 5.02 Å². The lowest BCUT2D eigenvalue weighted by Gasteiger charge is -2.12. The zero-order chi connectivity index (χ0) is 9.19. The van der Waals surface area contributed by atoms with Crippen molar-refractivity contribution in [1.29, 1.82) is 0 Å². The lowest BCUT2D eigenvalue weighted by Crippen LogP contribution is -2.04. The number of halogens is 4. The summed E-state index contributed by atoms with van der Waals surface area (Å²) in [5.41, 5.74) is 1.05. The lowest BCUT2D eigenvalue weighted by molar-refractivity contribution is 1.10. The third kappa shape index (κ3) is 3.77. The molecule has 0 saturated heterocycles. The number of benzene rings is 1. The Morgan fingerprint density at radius 2 is 2.08 bits per heavy atom. The lowest BCUT2D eigenvalue weighted by atomic mass is 10.2. The van der Waals surface area contributed by atoms with Crippen molar-refractivity contribution in [3.8, 4) is 0 Å². The molecule has 0 aromatic heterocycles. The summed E-state index contributed by atoms with van der Waals surface area (Å²) in [6.07, 6.45) is 0.753. The van der Waals surface area contributed by atoms with E-state index in [2.05, 4.69) is 53.9 Å². The molecule has 65 valence electrons. The summed E-state index contributed by atoms with van der Waals surface area (Å²) in [6.45, 7) is 0. The molecule has 0 bridgehead atoms. The predicted molar refractivity (Wildman–Crippen MR) is 63.5 cm³/mol. The molecule has 1 rings (SSSR count). The van der Waals surface area contributed by atoms with Crippen LogP contribution in [0.5, 0.6) is 0 Å². The average molecular weight is 376 g/mol. The van der Waals surface area contributed by atoms with Gasteiger partial charge in [0.1, 0.15) is 2.14 Å². The molecule has 0 heterocycles. The van der Waals surface area contributed by atoms with E-state index in [1.807, 2.05) is 12.1 Å². The molecule has 0 spiro atoms. The number of hydrogen-bond donors (Lipinski definition) is 0. The van der Waals surface area contributed by atoms with Gasteiger partial charge in [-0.25, -0.2) is 0 Å². The average Bonchev–Trinajstić information content (AvgIpc) is 1.91. The Morgan fingerprint density at radius 3 is 2.58 bits per heavy atom. The van der Waals surface area contributed by atoms with Gasteiger partial charge in [0.2, 0.25) is 0 Å². The summed E-state index contributed by atoms with van der Waals surface area (Å²) < 4.78 is -0.272. The Hall–Kier alpha value is 0.950. The standard InChI is InChI=1S/C8H5Br3Cl/c9-8(10,11)5-6-3-1-2-4-7(6)12/h1-3H,5H2. The molecule has 0 N–H and O–H groups in total. The van der Waals surface area contributed by atoms with Crippen LogP contribution in [0.4, 0.5) is 0 Å². The van der Waals surface area contributed by atoms with Crippen LogP contribution in [0.25, 0.3) is 0 Å². The molecule has 0 saturated carbocycles. The van der Waals surface area contributed by atoms with Gasteiger partial charge in [0, 0.05) is 12.5 Å². The first-order chi connectivity index (χ1) is 5.49. The number of alkyl halides is 3. The van der Waals surface area contributed by atoms with Crippen molar-refractivity contribution in [3.05, 3.63) is 34.9 Å². The third-order valence-corrected chi connectivity index (χ3v) is 2.47. The van der Waals surface area contributed by atoms with Crippen LogP contribution >= 0.6 is 59.4 Å². The van der Waals surface area contributed by atoms with E-state index in [4.69, 9.17) is 11.6 Å². The predicted octanol–water partition coefficient (Wildman–Crippen LogP) is 4.52. The summed E-state index contributed by atoms with van der Waals surface area (Å²) in [5.74, 6) is 0. The van der Waals surface area contributed by atoms with E-state index in [1.165, 1.54) is 0 Å². The molecule has 0 fully saturated rings. The van der Waals surface area contributed by atoms with E-state index in [-0.39, 0.29) is 2.14 Å². The molecule has 12 heavy (non-hydrogen) atoms. The van der Waals surface area contributed by atoms with E-state index >= 15 is 0 Å². The quantitative estimate of drug-likeness (QED) is 0.633. The van der Waals surface area contributed by atoms with Crippen LogP contribution in [-0.4, -0.2) is 2.14 Å². The SMILES string of the molecule is Clc1[c]cccc1CC(Br)(Br)Br. The van der Waals surface area contributed by atoms with Gasteiger partial charge in [-0.2, -0.15) is 0 Å². The normalized spacial score (nSPS) is 11.7. The van der Waals surface area contributed by atoms with Gasteiger partial charge in [-0.1, -0.05) is 77.6 Å². The highest BCUT2D eigenvalue weighted by Gasteiger charge is 2.19. The summed E-state index contributed by atoms with van der Waals surface area (Å²) in [7, 11) is 0. The fourth-order valence-electron chi connectivity index (χ4n) is 0.804. The second kappa shape index (κ2) is 4.45. The minimum Gasteiger partial charge on any atom is -0.0834 e. The number of rotatable bonds is 1. The van der Waals surface area contributed by atoms with E-state index in [0.717, 1.165) is 12.0 Å². The molecule has 0 nitrogen and oxygen atoms in total. The van der Waals surface area contributed by atoms with Gasteiger partial charge in [0.15, 0.2) is 0 Å². The summed E-state index contributed by atoms with van der Waals surface area (Å²) in [6, 6.07) is 8.61. The minimum atomic E-state index is -0.272. The van der Waals surface area contributed by atoms with Gasteiger partial charge in [-0.15, -0.1) is 0 Å². The van der Waals surface area contributed by atoms with Crippen molar-refractivity contribution in [2.45, 2.75) is 8.56 Å². The van der Waals surface area contributed by atoms with Crippen LogP contribution < -0.4 is 0 Å². The van der Waals surface area contributed by atoms with Crippen LogP contribution in [0.3, 0.4) is 0 Å². The Kier molecular flexibility index (Phi) is 4.09. The first-order valence-electron chi connectivity index (χ1n) is 3.21. The fraction of sp³-hybridized carbons (Fsp3) is 0.250. The third-order valence-electron chi connectivity index (χ3n) is 1.28. The van der Waals surface area contributed by atoms with Crippen molar-refractivity contribution in [2.24, 2.45) is 0 Å². The molecule has 0 aliphatic heterocycles. The highest BCUT2D eigenvalue weighted by Crippen LogP contribution is 2.38. The first kappa shape index (κ1) is 11.0. The molecule has 0 aliphatic carbocycles. The molecule has 0 amide bonds. The first-order valence-corrected chi connectivity index (χ1v) is 5.96. The van der Waals surface area contributed by atoms with E-state index in [1.54, 1.807) is 6.07 Å². The van der Waals surface area contributed by atoms with Gasteiger partial charge in [-0.3, -0.25) is 0 Å². The second-order valence-corrected chi connectivity index (χ2v) is 9.93. The maximum absolute atomic E-state index is 5.91. The molecule has 4 heteroatoms. The van der Waals surface area contributed by atoms with Crippen molar-refractivity contribution in [2.75, 3.05) is 0 Å². The van der Waals surface area contributed by atoms with E-state index in [9.17, 15) is 0 Å². The van der Waals surface area contributed by atoms with Crippen molar-refractivity contribution < 1.29 is 0 Å². The van der Waals surface area contributed by atoms with Crippen LogP contribution in [0.1, 0.15) is 5.56 Å². The summed E-state index contributed by atoms with van der Waals surface area (Å²) in [4.78, 5) is 0. The Balaban J connectivity index is 2.83. The topological polar surface area (TPSA) is 0 Å². The summed E-state index contributed by atoms with van der Waals surface area (Å²) in [5, 5.41) is 0.667. The van der Waals surface area contributed by atoms with Crippen molar-refractivity contribution in [3.63, 3.8) is 0 Å². The van der Waals surface area contributed by atoms with Gasteiger partial charge in [0.25, 0.3) is 0 Å². The highest BCUT2D eigenvalue weighted by atomic mass is 80.0. The molecule has 0 unspecified atom stereocenters. The molecule has 0 atom stereocenters. The molecule has 0 aliphatic rings. The molecule has 1 aromatic carbocycles. The molecule has 1 radical (unpaired) electrons. The van der Waals surface area contributed by atoms with E-state index in [0.29, 0.717) is 5.02 Å². The molecule has 1 aromatic rings. The molecular weight excluding hydrogens is 371 g/mol. The van der Waals surface area contributed by atoms with Gasteiger partial charge >= 0.3 is 0 Å². The van der Waals surface area contributed by atoms with Crippen LogP contribution in [0.15, 0.2) is 18.2 Å². The Morgan fingerprint density at radius 1 is 1.42 bits per heavy atom. The van der Waals surface area contributed by atoms with Crippen LogP contribution in [-0.2, 0) is 6.42 Å². The van der Waals surface area contributed by atoms with Gasteiger partial charge in [0.05, 0.1) is 5.02 Å². The van der Waals surface area contributed by atoms with Crippen molar-refractivity contribution in [1.82, 2.24) is 0 Å². The summed E-state index contributed by atoms with van der Waals surface area (Å²) >= 11 is 16.1. The largest absolute Gasteiger partial charge is 0.139 e. The maximum Gasteiger partial charge on any atom is 0.139 e. The molecular formula is C8H5Br3Cl. The number of hydrogen-bond acceptors (Lipinski definition) is 0. The monoisotopic (exact) mass is 373 g/mol. The Bertz CT molecular complexity index is 267. The zero-order valence-electron chi connectivity index (χ0n) is 5.95. The smallest absolute Gasteiger partial charge is 0.0834 e. The van der Waals surface area contributed by atoms with Gasteiger partial charge in [-0.05, 0) is 5.56 Å². The second-order valence-electron chi connectivity index (χ2n) is 2.30. The minimum absolute atomic E-state index is 0.272. The van der Waals surface area contributed by atoms with Crippen molar-refractivity contribution >= 4 is 59.4 Å². The van der Waals surface area contributed by atoms with E-state index < -0.39 is 0 Å². The fourth-order valence-corrected chi connectivity index (χ4v) is 1.90. The van der Waals surface area contributed by atoms with Crippen LogP contribution in [0, 0.1) is 6.07 Å².